The summed E-state index contributed by atoms with van der Waals surface area (Å²) in [6.07, 6.45) is 8.66. The van der Waals surface area contributed by atoms with Crippen molar-refractivity contribution in [2.45, 2.75) is 57.1 Å². The maximum absolute atomic E-state index is 5.89. The molecule has 0 radical (unpaired) electrons. The molecule has 1 heterocycles. The molecule has 3 N–H and O–H groups in total. The van der Waals surface area contributed by atoms with Crippen LogP contribution in [0.25, 0.3) is 0 Å². The summed E-state index contributed by atoms with van der Waals surface area (Å²) in [5.74, 6) is 0.594. The van der Waals surface area contributed by atoms with Gasteiger partial charge in [0.15, 0.2) is 5.96 Å². The molecular formula is C14H28IN3O2. The zero-order valence-corrected chi connectivity index (χ0v) is 14.5. The second-order valence-corrected chi connectivity index (χ2v) is 5.46. The molecule has 1 saturated heterocycles. The van der Waals surface area contributed by atoms with Gasteiger partial charge in [0.1, 0.15) is 0 Å². The van der Waals surface area contributed by atoms with Crippen molar-refractivity contribution in [3.63, 3.8) is 0 Å². The molecule has 20 heavy (non-hydrogen) atoms. The number of nitrogens with two attached hydrogens (primary N) is 1. The van der Waals surface area contributed by atoms with E-state index in [0.717, 1.165) is 39.2 Å². The maximum atomic E-state index is 5.89. The Hall–Kier alpha value is -0.0800. The quantitative estimate of drug-likeness (QED) is 0.312. The van der Waals surface area contributed by atoms with Gasteiger partial charge in [0.05, 0.1) is 12.7 Å². The van der Waals surface area contributed by atoms with Crippen LogP contribution < -0.4 is 11.1 Å². The molecule has 118 valence electrons. The lowest BCUT2D eigenvalue weighted by molar-refractivity contribution is 0.0424. The van der Waals surface area contributed by atoms with Gasteiger partial charge in [0.2, 0.25) is 0 Å². The largest absolute Gasteiger partial charge is 0.379 e. The Morgan fingerprint density at radius 1 is 1.25 bits per heavy atom. The Morgan fingerprint density at radius 3 is 2.75 bits per heavy atom. The highest BCUT2D eigenvalue weighted by atomic mass is 127. The lowest BCUT2D eigenvalue weighted by atomic mass is 9.96. The van der Waals surface area contributed by atoms with Gasteiger partial charge in [-0.3, -0.25) is 4.99 Å². The SMILES string of the molecule is I.NC(=NCCCOC1CCOC1)NC1CCCCC1. The molecule has 2 aliphatic rings. The van der Waals surface area contributed by atoms with Crippen LogP contribution in [0, 0.1) is 0 Å². The van der Waals surface area contributed by atoms with Gasteiger partial charge in [-0.1, -0.05) is 19.3 Å². The second kappa shape index (κ2) is 10.6. The molecular weight excluding hydrogens is 369 g/mol. The van der Waals surface area contributed by atoms with E-state index < -0.39 is 0 Å². The van der Waals surface area contributed by atoms with Crippen molar-refractivity contribution < 1.29 is 9.47 Å². The normalized spacial score (nSPS) is 24.4. The zero-order chi connectivity index (χ0) is 13.3. The Kier molecular flexibility index (Phi) is 9.54. The predicted molar refractivity (Wildman–Crippen MR) is 91.7 cm³/mol. The van der Waals surface area contributed by atoms with E-state index in [0.29, 0.717) is 18.1 Å². The van der Waals surface area contributed by atoms with Crippen molar-refractivity contribution in [2.75, 3.05) is 26.4 Å². The highest BCUT2D eigenvalue weighted by molar-refractivity contribution is 14.0. The van der Waals surface area contributed by atoms with Crippen LogP contribution in [0.1, 0.15) is 44.9 Å². The van der Waals surface area contributed by atoms with E-state index >= 15 is 0 Å². The highest BCUT2D eigenvalue weighted by Crippen LogP contribution is 2.17. The molecule has 2 fully saturated rings. The summed E-state index contributed by atoms with van der Waals surface area (Å²) in [4.78, 5) is 4.35. The third kappa shape index (κ3) is 7.08. The second-order valence-electron chi connectivity index (χ2n) is 5.46. The molecule has 0 aromatic carbocycles. The smallest absolute Gasteiger partial charge is 0.188 e. The first-order valence-corrected chi connectivity index (χ1v) is 7.60. The van der Waals surface area contributed by atoms with Gasteiger partial charge in [-0.15, -0.1) is 24.0 Å². The number of hydrogen-bond acceptors (Lipinski definition) is 3. The van der Waals surface area contributed by atoms with Crippen molar-refractivity contribution in [2.24, 2.45) is 10.7 Å². The fraction of sp³-hybridized carbons (Fsp3) is 0.929. The number of guanidine groups is 1. The monoisotopic (exact) mass is 397 g/mol. The van der Waals surface area contributed by atoms with Crippen molar-refractivity contribution in [1.29, 1.82) is 0 Å². The number of nitrogens with one attached hydrogen (secondary N) is 1. The molecule has 2 rings (SSSR count). The third-order valence-electron chi connectivity index (χ3n) is 3.78. The van der Waals surface area contributed by atoms with E-state index in [9.17, 15) is 0 Å². The number of aliphatic imine (C=N–C) groups is 1. The number of ether oxygens (including phenoxy) is 2. The molecule has 1 aliphatic heterocycles. The number of halogens is 1. The Balaban J connectivity index is 0.00000200. The summed E-state index contributed by atoms with van der Waals surface area (Å²) in [5, 5.41) is 3.32. The third-order valence-corrected chi connectivity index (χ3v) is 3.78. The minimum atomic E-state index is 0. The van der Waals surface area contributed by atoms with Gasteiger partial charge in [-0.05, 0) is 25.7 Å². The van der Waals surface area contributed by atoms with Crippen LogP contribution in [-0.2, 0) is 9.47 Å². The van der Waals surface area contributed by atoms with Crippen LogP contribution in [0.15, 0.2) is 4.99 Å². The summed E-state index contributed by atoms with van der Waals surface area (Å²) in [6.45, 7) is 3.06. The van der Waals surface area contributed by atoms with E-state index in [1.54, 1.807) is 0 Å². The Bertz CT molecular complexity index is 278. The van der Waals surface area contributed by atoms with Crippen molar-refractivity contribution in [1.82, 2.24) is 5.32 Å². The fourth-order valence-corrected chi connectivity index (χ4v) is 2.66. The molecule has 0 aromatic rings. The average Bonchev–Trinajstić information content (AvgIpc) is 2.92. The standard InChI is InChI=1S/C14H27N3O2.HI/c15-14(17-12-5-2-1-3-6-12)16-8-4-9-19-13-7-10-18-11-13;/h12-13H,1-11H2,(H3,15,16,17);1H. The van der Waals surface area contributed by atoms with E-state index in [-0.39, 0.29) is 24.0 Å². The molecule has 1 aliphatic carbocycles. The molecule has 6 heteroatoms. The van der Waals surface area contributed by atoms with E-state index in [4.69, 9.17) is 15.2 Å². The number of rotatable bonds is 6. The molecule has 5 nitrogen and oxygen atoms in total. The topological polar surface area (TPSA) is 68.9 Å². The van der Waals surface area contributed by atoms with Crippen LogP contribution in [0.2, 0.25) is 0 Å². The van der Waals surface area contributed by atoms with Crippen LogP contribution in [0.3, 0.4) is 0 Å². The van der Waals surface area contributed by atoms with Crippen molar-refractivity contribution in [3.8, 4) is 0 Å². The molecule has 1 saturated carbocycles. The maximum Gasteiger partial charge on any atom is 0.188 e. The van der Waals surface area contributed by atoms with Crippen molar-refractivity contribution >= 4 is 29.9 Å². The van der Waals surface area contributed by atoms with Gasteiger partial charge in [-0.25, -0.2) is 0 Å². The number of hydrogen-bond donors (Lipinski definition) is 2. The molecule has 0 amide bonds. The average molecular weight is 397 g/mol. The first-order chi connectivity index (χ1) is 9.34. The summed E-state index contributed by atoms with van der Waals surface area (Å²) in [6, 6.07) is 0.532. The van der Waals surface area contributed by atoms with E-state index in [2.05, 4.69) is 10.3 Å². The van der Waals surface area contributed by atoms with Gasteiger partial charge in [0.25, 0.3) is 0 Å². The lowest BCUT2D eigenvalue weighted by Gasteiger charge is -2.23. The fourth-order valence-electron chi connectivity index (χ4n) is 2.66. The Labute approximate surface area is 139 Å². The summed E-state index contributed by atoms with van der Waals surface area (Å²) < 4.78 is 10.9. The summed E-state index contributed by atoms with van der Waals surface area (Å²) >= 11 is 0. The Morgan fingerprint density at radius 2 is 2.05 bits per heavy atom. The molecule has 0 spiro atoms. The van der Waals surface area contributed by atoms with Gasteiger partial charge < -0.3 is 20.5 Å². The van der Waals surface area contributed by atoms with Crippen LogP contribution in [-0.4, -0.2) is 44.5 Å². The van der Waals surface area contributed by atoms with Gasteiger partial charge in [0, 0.05) is 25.8 Å². The molecule has 0 aromatic heterocycles. The van der Waals surface area contributed by atoms with E-state index in [1.807, 2.05) is 0 Å². The van der Waals surface area contributed by atoms with Gasteiger partial charge in [-0.2, -0.15) is 0 Å². The first kappa shape index (κ1) is 18.0. The first-order valence-electron chi connectivity index (χ1n) is 7.60. The summed E-state index contributed by atoms with van der Waals surface area (Å²) in [5.41, 5.74) is 5.89. The van der Waals surface area contributed by atoms with E-state index in [1.165, 1.54) is 32.1 Å². The molecule has 1 unspecified atom stereocenters. The number of nitrogens with zero attached hydrogens (tertiary/aromatic N) is 1. The summed E-state index contributed by atoms with van der Waals surface area (Å²) in [7, 11) is 0. The molecule has 1 atom stereocenters. The zero-order valence-electron chi connectivity index (χ0n) is 12.2. The van der Waals surface area contributed by atoms with Crippen LogP contribution in [0.5, 0.6) is 0 Å². The van der Waals surface area contributed by atoms with Gasteiger partial charge >= 0.3 is 0 Å². The lowest BCUT2D eigenvalue weighted by Crippen LogP contribution is -2.41. The minimum Gasteiger partial charge on any atom is -0.379 e. The van der Waals surface area contributed by atoms with Crippen molar-refractivity contribution in [3.05, 3.63) is 0 Å². The predicted octanol–water partition coefficient (Wildman–Crippen LogP) is 2.04. The minimum absolute atomic E-state index is 0. The molecule has 0 bridgehead atoms. The van der Waals surface area contributed by atoms with Crippen LogP contribution >= 0.6 is 24.0 Å². The van der Waals surface area contributed by atoms with Crippen LogP contribution in [0.4, 0.5) is 0 Å². The highest BCUT2D eigenvalue weighted by Gasteiger charge is 2.15.